The Hall–Kier alpha value is -1.18. The van der Waals surface area contributed by atoms with Gasteiger partial charge in [-0.2, -0.15) is 10.2 Å². The van der Waals surface area contributed by atoms with Gasteiger partial charge in [-0.1, -0.05) is 39.8 Å². The molecule has 0 atom stereocenters. The standard InChI is InChI=1S/C13H20N2/c1-9(2)11(5)6-13-7-12(10(3)4)8-14-15-13/h7-10H,5-6H2,1-4H3. The molecule has 1 rings (SSSR count). The molecule has 0 aliphatic rings. The molecular weight excluding hydrogens is 184 g/mol. The van der Waals surface area contributed by atoms with Gasteiger partial charge < -0.3 is 0 Å². The van der Waals surface area contributed by atoms with Gasteiger partial charge in [-0.15, -0.1) is 0 Å². The summed E-state index contributed by atoms with van der Waals surface area (Å²) in [5.41, 5.74) is 3.49. The van der Waals surface area contributed by atoms with E-state index in [4.69, 9.17) is 0 Å². The van der Waals surface area contributed by atoms with E-state index in [9.17, 15) is 0 Å². The topological polar surface area (TPSA) is 25.8 Å². The van der Waals surface area contributed by atoms with Crippen molar-refractivity contribution in [1.82, 2.24) is 10.2 Å². The number of hydrogen-bond donors (Lipinski definition) is 0. The van der Waals surface area contributed by atoms with Gasteiger partial charge in [0.2, 0.25) is 0 Å². The van der Waals surface area contributed by atoms with Crippen molar-refractivity contribution >= 4 is 0 Å². The van der Waals surface area contributed by atoms with Gasteiger partial charge in [0, 0.05) is 6.42 Å². The van der Waals surface area contributed by atoms with Crippen LogP contribution < -0.4 is 0 Å². The molecule has 0 aliphatic carbocycles. The summed E-state index contributed by atoms with van der Waals surface area (Å²) in [6.07, 6.45) is 2.68. The summed E-state index contributed by atoms with van der Waals surface area (Å²) in [6, 6.07) is 2.13. The lowest BCUT2D eigenvalue weighted by Gasteiger charge is -2.10. The van der Waals surface area contributed by atoms with Crippen molar-refractivity contribution < 1.29 is 0 Å². The van der Waals surface area contributed by atoms with Gasteiger partial charge in [0.15, 0.2) is 0 Å². The van der Waals surface area contributed by atoms with Gasteiger partial charge >= 0.3 is 0 Å². The first-order valence-corrected chi connectivity index (χ1v) is 5.50. The fourth-order valence-electron chi connectivity index (χ4n) is 1.27. The minimum Gasteiger partial charge on any atom is -0.159 e. The number of nitrogens with zero attached hydrogens (tertiary/aromatic N) is 2. The van der Waals surface area contributed by atoms with Gasteiger partial charge in [-0.25, -0.2) is 0 Å². The number of hydrogen-bond acceptors (Lipinski definition) is 2. The van der Waals surface area contributed by atoms with E-state index in [1.807, 2.05) is 6.20 Å². The van der Waals surface area contributed by atoms with E-state index in [1.165, 1.54) is 11.1 Å². The van der Waals surface area contributed by atoms with Crippen LogP contribution in [-0.2, 0) is 6.42 Å². The van der Waals surface area contributed by atoms with Crippen molar-refractivity contribution in [2.24, 2.45) is 5.92 Å². The number of aromatic nitrogens is 2. The maximum Gasteiger partial charge on any atom is 0.0674 e. The van der Waals surface area contributed by atoms with Crippen LogP contribution in [0, 0.1) is 5.92 Å². The predicted octanol–water partition coefficient (Wildman–Crippen LogP) is 3.35. The van der Waals surface area contributed by atoms with Gasteiger partial charge in [-0.3, -0.25) is 0 Å². The summed E-state index contributed by atoms with van der Waals surface area (Å²) in [5.74, 6) is 1.01. The van der Waals surface area contributed by atoms with Gasteiger partial charge in [-0.05, 0) is 23.5 Å². The van der Waals surface area contributed by atoms with Crippen LogP contribution in [0.3, 0.4) is 0 Å². The first-order valence-electron chi connectivity index (χ1n) is 5.50. The average Bonchev–Trinajstić information content (AvgIpc) is 2.18. The van der Waals surface area contributed by atoms with Crippen LogP contribution in [0.4, 0.5) is 0 Å². The maximum absolute atomic E-state index is 4.13. The molecule has 1 aromatic heterocycles. The molecule has 82 valence electrons. The molecule has 2 heteroatoms. The normalized spacial score (nSPS) is 11.1. The second kappa shape index (κ2) is 5.06. The Balaban J connectivity index is 2.78. The predicted molar refractivity (Wildman–Crippen MR) is 63.8 cm³/mol. The van der Waals surface area contributed by atoms with Crippen molar-refractivity contribution in [1.29, 1.82) is 0 Å². The molecule has 1 heterocycles. The first-order chi connectivity index (χ1) is 7.00. The number of rotatable bonds is 4. The van der Waals surface area contributed by atoms with Crippen molar-refractivity contribution in [3.63, 3.8) is 0 Å². The minimum atomic E-state index is 0.506. The number of allylic oxidation sites excluding steroid dienone is 1. The Labute approximate surface area is 92.4 Å². The summed E-state index contributed by atoms with van der Waals surface area (Å²) in [6.45, 7) is 12.7. The zero-order valence-corrected chi connectivity index (χ0v) is 10.1. The van der Waals surface area contributed by atoms with Crippen molar-refractivity contribution in [2.45, 2.75) is 40.0 Å². The van der Waals surface area contributed by atoms with Crippen LogP contribution in [-0.4, -0.2) is 10.2 Å². The van der Waals surface area contributed by atoms with E-state index in [2.05, 4.69) is 50.5 Å². The molecule has 15 heavy (non-hydrogen) atoms. The van der Waals surface area contributed by atoms with Gasteiger partial charge in [0.25, 0.3) is 0 Å². The summed E-state index contributed by atoms with van der Waals surface area (Å²) in [4.78, 5) is 0. The molecule has 0 N–H and O–H groups in total. The molecule has 0 saturated carbocycles. The summed E-state index contributed by atoms with van der Waals surface area (Å²) in [7, 11) is 0. The molecule has 0 fully saturated rings. The van der Waals surface area contributed by atoms with E-state index in [0.29, 0.717) is 11.8 Å². The van der Waals surface area contributed by atoms with Crippen molar-refractivity contribution in [3.8, 4) is 0 Å². The summed E-state index contributed by atoms with van der Waals surface area (Å²) in [5, 5.41) is 8.16. The maximum atomic E-state index is 4.13. The highest BCUT2D eigenvalue weighted by Gasteiger charge is 2.06. The highest BCUT2D eigenvalue weighted by molar-refractivity contribution is 5.20. The molecule has 1 aromatic rings. The van der Waals surface area contributed by atoms with Gasteiger partial charge in [0.1, 0.15) is 0 Å². The Morgan fingerprint density at radius 2 is 2.00 bits per heavy atom. The third kappa shape index (κ3) is 3.46. The lowest BCUT2D eigenvalue weighted by Crippen LogP contribution is -2.02. The van der Waals surface area contributed by atoms with E-state index < -0.39 is 0 Å². The molecule has 0 amide bonds. The smallest absolute Gasteiger partial charge is 0.0674 e. The lowest BCUT2D eigenvalue weighted by atomic mass is 9.98. The van der Waals surface area contributed by atoms with Crippen molar-refractivity contribution in [2.75, 3.05) is 0 Å². The first kappa shape index (κ1) is 11.9. The van der Waals surface area contributed by atoms with Crippen LogP contribution in [0.15, 0.2) is 24.4 Å². The third-order valence-corrected chi connectivity index (χ3v) is 2.62. The van der Waals surface area contributed by atoms with E-state index in [1.54, 1.807) is 0 Å². The van der Waals surface area contributed by atoms with Crippen LogP contribution in [0.25, 0.3) is 0 Å². The molecule has 0 spiro atoms. The summed E-state index contributed by atoms with van der Waals surface area (Å²) >= 11 is 0. The SMILES string of the molecule is C=C(Cc1cc(C(C)C)cnn1)C(C)C. The molecule has 0 aliphatic heterocycles. The van der Waals surface area contributed by atoms with E-state index >= 15 is 0 Å². The van der Waals surface area contributed by atoms with E-state index in [-0.39, 0.29) is 0 Å². The highest BCUT2D eigenvalue weighted by Crippen LogP contribution is 2.16. The van der Waals surface area contributed by atoms with Crippen LogP contribution >= 0.6 is 0 Å². The third-order valence-electron chi connectivity index (χ3n) is 2.62. The van der Waals surface area contributed by atoms with Crippen LogP contribution in [0.2, 0.25) is 0 Å². The Kier molecular flexibility index (Phi) is 4.01. The van der Waals surface area contributed by atoms with Gasteiger partial charge in [0.05, 0.1) is 11.9 Å². The highest BCUT2D eigenvalue weighted by atomic mass is 15.1. The summed E-state index contributed by atoms with van der Waals surface area (Å²) < 4.78 is 0. The molecule has 0 bridgehead atoms. The monoisotopic (exact) mass is 204 g/mol. The van der Waals surface area contributed by atoms with Crippen molar-refractivity contribution in [3.05, 3.63) is 35.7 Å². The minimum absolute atomic E-state index is 0.506. The lowest BCUT2D eigenvalue weighted by molar-refractivity contribution is 0.729. The molecule has 0 radical (unpaired) electrons. The second-order valence-electron chi connectivity index (χ2n) is 4.62. The average molecular weight is 204 g/mol. The zero-order valence-electron chi connectivity index (χ0n) is 10.1. The zero-order chi connectivity index (χ0) is 11.4. The Morgan fingerprint density at radius 3 is 2.53 bits per heavy atom. The molecular formula is C13H20N2. The van der Waals surface area contributed by atoms with E-state index in [0.717, 1.165) is 12.1 Å². The Bertz CT molecular complexity index is 340. The fourth-order valence-corrected chi connectivity index (χ4v) is 1.27. The second-order valence-corrected chi connectivity index (χ2v) is 4.62. The largest absolute Gasteiger partial charge is 0.159 e. The van der Waals surface area contributed by atoms with Crippen LogP contribution in [0.5, 0.6) is 0 Å². The van der Waals surface area contributed by atoms with Crippen LogP contribution in [0.1, 0.15) is 44.9 Å². The molecule has 0 unspecified atom stereocenters. The molecule has 2 nitrogen and oxygen atoms in total. The Morgan fingerprint density at radius 1 is 1.33 bits per heavy atom. The molecule has 0 aromatic carbocycles. The fraction of sp³-hybridized carbons (Fsp3) is 0.538. The quantitative estimate of drug-likeness (QED) is 0.703. The molecule has 0 saturated heterocycles.